The van der Waals surface area contributed by atoms with Crippen LogP contribution in [0.15, 0.2) is 16.2 Å². The van der Waals surface area contributed by atoms with Crippen LogP contribution < -0.4 is 0 Å². The lowest BCUT2D eigenvalue weighted by Crippen LogP contribution is -2.35. The molecule has 8 heteroatoms. The molecule has 0 saturated carbocycles. The van der Waals surface area contributed by atoms with Crippen molar-refractivity contribution in [1.82, 2.24) is 14.9 Å². The van der Waals surface area contributed by atoms with E-state index in [0.29, 0.717) is 28.6 Å². The van der Waals surface area contributed by atoms with E-state index in [-0.39, 0.29) is 6.09 Å². The molecule has 5 nitrogen and oxygen atoms in total. The number of likely N-dealkylation sites (tertiary alicyclic amines) is 1. The lowest BCUT2D eigenvalue weighted by atomic mass is 10.2. The molecular formula is C14H20ClN3O2S2. The van der Waals surface area contributed by atoms with Crippen LogP contribution in [0.1, 0.15) is 27.2 Å². The molecular weight excluding hydrogens is 342 g/mol. The molecule has 1 saturated heterocycles. The first-order chi connectivity index (χ1) is 10.3. The summed E-state index contributed by atoms with van der Waals surface area (Å²) >= 11 is 9.10. The molecule has 1 atom stereocenters. The quantitative estimate of drug-likeness (QED) is 0.461. The number of carbonyl (C=O) groups is 1. The molecule has 0 bridgehead atoms. The molecule has 2 heterocycles. The van der Waals surface area contributed by atoms with Gasteiger partial charge in [-0.15, -0.1) is 11.8 Å². The Hall–Kier alpha value is -0.660. The van der Waals surface area contributed by atoms with Gasteiger partial charge < -0.3 is 9.64 Å². The lowest BCUT2D eigenvalue weighted by Gasteiger charge is -2.24. The minimum absolute atomic E-state index is 0.249. The first-order valence-electron chi connectivity index (χ1n) is 7.00. The van der Waals surface area contributed by atoms with Crippen LogP contribution in [-0.2, 0) is 4.74 Å². The van der Waals surface area contributed by atoms with Gasteiger partial charge in [0, 0.05) is 24.4 Å². The van der Waals surface area contributed by atoms with E-state index in [4.69, 9.17) is 16.3 Å². The molecule has 1 fully saturated rings. The standard InChI is InChI=1S/C14H20ClN3O2S2/c1-14(2,3)20-13(19)18-6-5-9(8-18)22-11-7-10(15)16-12(17-11)21-4/h7,9H,5-6,8H2,1-4H3. The van der Waals surface area contributed by atoms with Crippen LogP contribution in [0.25, 0.3) is 0 Å². The fourth-order valence-electron chi connectivity index (χ4n) is 2.02. The largest absolute Gasteiger partial charge is 0.444 e. The highest BCUT2D eigenvalue weighted by molar-refractivity contribution is 8.00. The van der Waals surface area contributed by atoms with Crippen molar-refractivity contribution in [1.29, 1.82) is 0 Å². The van der Waals surface area contributed by atoms with Crippen molar-refractivity contribution >= 4 is 41.2 Å². The van der Waals surface area contributed by atoms with Crippen molar-refractivity contribution in [3.8, 4) is 0 Å². The Morgan fingerprint density at radius 1 is 1.45 bits per heavy atom. The normalized spacial score (nSPS) is 18.6. The van der Waals surface area contributed by atoms with Crippen molar-refractivity contribution < 1.29 is 9.53 Å². The minimum Gasteiger partial charge on any atom is -0.444 e. The molecule has 1 aromatic rings. The molecule has 1 amide bonds. The average Bonchev–Trinajstić information content (AvgIpc) is 2.84. The predicted octanol–water partition coefficient (Wildman–Crippen LogP) is 3.95. The number of carbonyl (C=O) groups excluding carboxylic acids is 1. The van der Waals surface area contributed by atoms with E-state index in [1.54, 1.807) is 22.7 Å². The van der Waals surface area contributed by atoms with Crippen molar-refractivity contribution in [2.45, 2.75) is 48.2 Å². The Morgan fingerprint density at radius 3 is 2.82 bits per heavy atom. The van der Waals surface area contributed by atoms with Crippen molar-refractivity contribution in [2.75, 3.05) is 19.3 Å². The summed E-state index contributed by atoms with van der Waals surface area (Å²) in [6.45, 7) is 7.00. The Bertz CT molecular complexity index is 551. The molecule has 0 N–H and O–H groups in total. The van der Waals surface area contributed by atoms with Gasteiger partial charge in [0.05, 0.1) is 0 Å². The monoisotopic (exact) mass is 361 g/mol. The maximum absolute atomic E-state index is 12.1. The van der Waals surface area contributed by atoms with Crippen LogP contribution in [0, 0.1) is 0 Å². The molecule has 122 valence electrons. The highest BCUT2D eigenvalue weighted by Crippen LogP contribution is 2.31. The van der Waals surface area contributed by atoms with Crippen molar-refractivity contribution in [3.05, 3.63) is 11.2 Å². The van der Waals surface area contributed by atoms with E-state index in [1.165, 1.54) is 11.8 Å². The maximum Gasteiger partial charge on any atom is 0.410 e. The third kappa shape index (κ3) is 5.21. The second kappa shape index (κ2) is 7.27. The molecule has 1 aliphatic heterocycles. The van der Waals surface area contributed by atoms with E-state index in [1.807, 2.05) is 27.0 Å². The zero-order valence-electron chi connectivity index (χ0n) is 13.1. The van der Waals surface area contributed by atoms with Gasteiger partial charge in [-0.1, -0.05) is 23.4 Å². The molecule has 0 aliphatic carbocycles. The number of nitrogens with zero attached hydrogens (tertiary/aromatic N) is 3. The molecule has 22 heavy (non-hydrogen) atoms. The van der Waals surface area contributed by atoms with Gasteiger partial charge in [-0.3, -0.25) is 0 Å². The van der Waals surface area contributed by atoms with Crippen LogP contribution in [0.2, 0.25) is 5.15 Å². The van der Waals surface area contributed by atoms with Gasteiger partial charge in [-0.05, 0) is 33.4 Å². The first kappa shape index (κ1) is 17.7. The fraction of sp³-hybridized carbons (Fsp3) is 0.643. The summed E-state index contributed by atoms with van der Waals surface area (Å²) in [6.07, 6.45) is 2.58. The molecule has 0 spiro atoms. The van der Waals surface area contributed by atoms with Gasteiger partial charge in [0.2, 0.25) is 0 Å². The van der Waals surface area contributed by atoms with E-state index in [0.717, 1.165) is 11.4 Å². The number of thioether (sulfide) groups is 2. The second-order valence-corrected chi connectivity index (χ2v) is 8.45. The van der Waals surface area contributed by atoms with Crippen LogP contribution in [0.5, 0.6) is 0 Å². The average molecular weight is 362 g/mol. The lowest BCUT2D eigenvalue weighted by molar-refractivity contribution is 0.0295. The van der Waals surface area contributed by atoms with Crippen LogP contribution >= 0.6 is 35.1 Å². The Labute approximate surface area is 144 Å². The Kier molecular flexibility index (Phi) is 5.85. The number of hydrogen-bond donors (Lipinski definition) is 0. The number of hydrogen-bond acceptors (Lipinski definition) is 6. The highest BCUT2D eigenvalue weighted by atomic mass is 35.5. The van der Waals surface area contributed by atoms with Gasteiger partial charge in [0.1, 0.15) is 15.8 Å². The summed E-state index contributed by atoms with van der Waals surface area (Å²) in [5.74, 6) is 0. The molecule has 1 aromatic heterocycles. The molecule has 2 rings (SSSR count). The van der Waals surface area contributed by atoms with Gasteiger partial charge in [-0.2, -0.15) is 0 Å². The zero-order chi connectivity index (χ0) is 16.3. The minimum atomic E-state index is -0.463. The molecule has 1 aliphatic rings. The molecule has 0 aromatic carbocycles. The van der Waals surface area contributed by atoms with E-state index >= 15 is 0 Å². The number of ether oxygens (including phenoxy) is 1. The smallest absolute Gasteiger partial charge is 0.410 e. The summed E-state index contributed by atoms with van der Waals surface area (Å²) in [7, 11) is 0. The van der Waals surface area contributed by atoms with Crippen LogP contribution in [-0.4, -0.2) is 51.2 Å². The summed E-state index contributed by atoms with van der Waals surface area (Å²) in [6, 6.07) is 1.77. The summed E-state index contributed by atoms with van der Waals surface area (Å²) in [5.41, 5.74) is -0.463. The maximum atomic E-state index is 12.1. The number of amides is 1. The van der Waals surface area contributed by atoms with Gasteiger partial charge >= 0.3 is 6.09 Å². The topological polar surface area (TPSA) is 55.3 Å². The molecule has 0 radical (unpaired) electrons. The van der Waals surface area contributed by atoms with Gasteiger partial charge in [-0.25, -0.2) is 14.8 Å². The third-order valence-electron chi connectivity index (χ3n) is 2.92. The van der Waals surface area contributed by atoms with Gasteiger partial charge in [0.25, 0.3) is 0 Å². The summed E-state index contributed by atoms with van der Waals surface area (Å²) < 4.78 is 5.40. The zero-order valence-corrected chi connectivity index (χ0v) is 15.5. The SMILES string of the molecule is CSc1nc(Cl)cc(SC2CCN(C(=O)OC(C)(C)C)C2)n1. The van der Waals surface area contributed by atoms with Crippen molar-refractivity contribution in [3.63, 3.8) is 0 Å². The summed E-state index contributed by atoms with van der Waals surface area (Å²) in [5, 5.41) is 2.26. The van der Waals surface area contributed by atoms with E-state index in [2.05, 4.69) is 9.97 Å². The predicted molar refractivity (Wildman–Crippen MR) is 90.9 cm³/mol. The van der Waals surface area contributed by atoms with Crippen molar-refractivity contribution in [2.24, 2.45) is 0 Å². The van der Waals surface area contributed by atoms with Crippen LogP contribution in [0.4, 0.5) is 4.79 Å². The number of halogens is 1. The highest BCUT2D eigenvalue weighted by Gasteiger charge is 2.30. The Morgan fingerprint density at radius 2 is 2.18 bits per heavy atom. The fourth-order valence-corrected chi connectivity index (χ4v) is 3.89. The van der Waals surface area contributed by atoms with E-state index in [9.17, 15) is 4.79 Å². The Balaban J connectivity index is 1.94. The number of aromatic nitrogens is 2. The van der Waals surface area contributed by atoms with Crippen LogP contribution in [0.3, 0.4) is 0 Å². The molecule has 1 unspecified atom stereocenters. The number of rotatable bonds is 3. The summed E-state index contributed by atoms with van der Waals surface area (Å²) in [4.78, 5) is 22.4. The van der Waals surface area contributed by atoms with E-state index < -0.39 is 5.60 Å². The first-order valence-corrected chi connectivity index (χ1v) is 9.48. The second-order valence-electron chi connectivity index (χ2n) is 5.97. The van der Waals surface area contributed by atoms with Gasteiger partial charge in [0.15, 0.2) is 5.16 Å². The third-order valence-corrected chi connectivity index (χ3v) is 4.83.